The molecule has 0 saturated heterocycles. The number of carbonyl (C=O) groups is 3. The van der Waals surface area contributed by atoms with E-state index in [1.165, 1.54) is 12.2 Å². The van der Waals surface area contributed by atoms with Crippen molar-refractivity contribution in [3.63, 3.8) is 0 Å². The van der Waals surface area contributed by atoms with Crippen molar-refractivity contribution < 1.29 is 24.0 Å². The zero-order valence-electron chi connectivity index (χ0n) is 9.76. The van der Waals surface area contributed by atoms with Gasteiger partial charge in [-0.3, -0.25) is 4.79 Å². The molecule has 2 amide bonds. The van der Waals surface area contributed by atoms with Crippen molar-refractivity contribution in [1.82, 2.24) is 0 Å². The number of rotatable bonds is 2. The summed E-state index contributed by atoms with van der Waals surface area (Å²) in [6, 6.07) is -0.0689. The predicted molar refractivity (Wildman–Crippen MR) is 58.7 cm³/mol. The maximum absolute atomic E-state index is 11.8. The van der Waals surface area contributed by atoms with Gasteiger partial charge in [-0.25, -0.2) is 9.59 Å². The Morgan fingerprint density at radius 1 is 1.18 bits per heavy atom. The Kier molecular flexibility index (Phi) is 2.87. The van der Waals surface area contributed by atoms with E-state index in [1.807, 2.05) is 0 Å². The monoisotopic (exact) mass is 238 g/mol. The largest absolute Gasteiger partial charge is 0.481 e. The van der Waals surface area contributed by atoms with Crippen LogP contribution in [0.25, 0.3) is 0 Å². The maximum Gasteiger partial charge on any atom is 0.346 e. The van der Waals surface area contributed by atoms with Crippen molar-refractivity contribution in [2.24, 2.45) is 5.92 Å². The lowest BCUT2D eigenvalue weighted by atomic mass is 9.84. The SMILES string of the molecule is C[N+]1(C2CCC(C(=O)O)CC2)C(=O)C=CC1=O. The third-order valence-corrected chi connectivity index (χ3v) is 4.06. The average molecular weight is 238 g/mol. The topological polar surface area (TPSA) is 71.4 Å². The number of carbonyl (C=O) groups excluding carboxylic acids is 2. The van der Waals surface area contributed by atoms with Gasteiger partial charge in [0.05, 0.1) is 25.1 Å². The van der Waals surface area contributed by atoms with Crippen LogP contribution < -0.4 is 0 Å². The summed E-state index contributed by atoms with van der Waals surface area (Å²) in [6.45, 7) is 0. The Bertz CT molecular complexity index is 387. The molecular formula is C12H16NO4+. The lowest BCUT2D eigenvalue weighted by molar-refractivity contribution is -0.780. The maximum atomic E-state index is 11.8. The summed E-state index contributed by atoms with van der Waals surface area (Å²) in [5.41, 5.74) is 0. The normalized spacial score (nSPS) is 31.8. The number of likely N-dealkylation sites (N-methyl/N-ethyl adjacent to an activating group) is 1. The molecule has 0 bridgehead atoms. The Labute approximate surface area is 99.3 Å². The van der Waals surface area contributed by atoms with Gasteiger partial charge in [-0.2, -0.15) is 4.48 Å². The second-order valence-electron chi connectivity index (χ2n) is 4.93. The zero-order chi connectivity index (χ0) is 12.6. The van der Waals surface area contributed by atoms with Crippen LogP contribution in [0.5, 0.6) is 0 Å². The van der Waals surface area contributed by atoms with E-state index in [0.29, 0.717) is 25.7 Å². The van der Waals surface area contributed by atoms with Crippen molar-refractivity contribution in [1.29, 1.82) is 0 Å². The van der Waals surface area contributed by atoms with Crippen molar-refractivity contribution in [3.8, 4) is 0 Å². The van der Waals surface area contributed by atoms with Gasteiger partial charge < -0.3 is 5.11 Å². The number of amides is 2. The Morgan fingerprint density at radius 2 is 1.65 bits per heavy atom. The third kappa shape index (κ3) is 1.80. The summed E-state index contributed by atoms with van der Waals surface area (Å²) in [7, 11) is 1.64. The van der Waals surface area contributed by atoms with Crippen LogP contribution >= 0.6 is 0 Å². The molecule has 0 aromatic rings. The van der Waals surface area contributed by atoms with Crippen LogP contribution in [-0.2, 0) is 14.4 Å². The minimum absolute atomic E-state index is 0.0689. The molecule has 2 rings (SSSR count). The van der Waals surface area contributed by atoms with Gasteiger partial charge in [0, 0.05) is 12.8 Å². The minimum atomic E-state index is -0.775. The van der Waals surface area contributed by atoms with Crippen LogP contribution in [0, 0.1) is 5.92 Å². The van der Waals surface area contributed by atoms with Crippen molar-refractivity contribution in [2.45, 2.75) is 31.7 Å². The van der Waals surface area contributed by atoms with Gasteiger partial charge >= 0.3 is 17.8 Å². The number of carboxylic acid groups (broad SMARTS) is 1. The first-order valence-electron chi connectivity index (χ1n) is 5.82. The number of hydrogen-bond donors (Lipinski definition) is 1. The van der Waals surface area contributed by atoms with E-state index in [9.17, 15) is 14.4 Å². The van der Waals surface area contributed by atoms with Crippen LogP contribution in [0.4, 0.5) is 0 Å². The molecule has 1 saturated carbocycles. The van der Waals surface area contributed by atoms with Crippen molar-refractivity contribution in [2.75, 3.05) is 7.05 Å². The first kappa shape index (κ1) is 12.0. The summed E-state index contributed by atoms with van der Waals surface area (Å²) >= 11 is 0. The molecule has 0 atom stereocenters. The molecule has 5 heteroatoms. The Hall–Kier alpha value is -1.49. The highest BCUT2D eigenvalue weighted by atomic mass is 16.4. The number of aliphatic carboxylic acids is 1. The first-order valence-corrected chi connectivity index (χ1v) is 5.82. The summed E-state index contributed by atoms with van der Waals surface area (Å²) in [5, 5.41) is 8.91. The average Bonchev–Trinajstić information content (AvgIpc) is 2.58. The van der Waals surface area contributed by atoms with E-state index in [0.717, 1.165) is 0 Å². The highest BCUT2D eigenvalue weighted by Crippen LogP contribution is 2.33. The molecule has 0 unspecified atom stereocenters. The number of carboxylic acids is 1. The van der Waals surface area contributed by atoms with Gasteiger partial charge in [-0.1, -0.05) is 0 Å². The number of imide groups is 1. The quantitative estimate of drug-likeness (QED) is 0.568. The van der Waals surface area contributed by atoms with Crippen LogP contribution in [-0.4, -0.2) is 40.5 Å². The molecule has 0 aromatic carbocycles. The standard InChI is InChI=1S/C12H15NO4/c1-13(10(14)6-7-11(13)15)9-4-2-8(3-5-9)12(16)17/h6-9H,2-5H2,1H3/p+1. The molecule has 1 aliphatic heterocycles. The van der Waals surface area contributed by atoms with Crippen LogP contribution in [0.2, 0.25) is 0 Å². The van der Waals surface area contributed by atoms with E-state index < -0.39 is 5.97 Å². The van der Waals surface area contributed by atoms with Gasteiger partial charge in [0.2, 0.25) is 0 Å². The Balaban J connectivity index is 2.09. The molecule has 1 heterocycles. The molecule has 5 nitrogen and oxygen atoms in total. The minimum Gasteiger partial charge on any atom is -0.481 e. The summed E-state index contributed by atoms with van der Waals surface area (Å²) < 4.78 is -0.202. The molecule has 0 aromatic heterocycles. The number of nitrogens with zero attached hydrogens (tertiary/aromatic N) is 1. The number of quaternary nitrogens is 1. The van der Waals surface area contributed by atoms with Crippen molar-refractivity contribution >= 4 is 17.8 Å². The van der Waals surface area contributed by atoms with E-state index in [4.69, 9.17) is 5.11 Å². The van der Waals surface area contributed by atoms with Crippen LogP contribution in [0.15, 0.2) is 12.2 Å². The van der Waals surface area contributed by atoms with E-state index in [-0.39, 0.29) is 28.3 Å². The lowest BCUT2D eigenvalue weighted by Crippen LogP contribution is -2.57. The first-order chi connectivity index (χ1) is 7.96. The Morgan fingerprint density at radius 3 is 2.06 bits per heavy atom. The van der Waals surface area contributed by atoms with Gasteiger partial charge in [-0.15, -0.1) is 0 Å². The van der Waals surface area contributed by atoms with Crippen LogP contribution in [0.1, 0.15) is 25.7 Å². The molecule has 1 N–H and O–H groups in total. The van der Waals surface area contributed by atoms with Gasteiger partial charge in [-0.05, 0) is 12.8 Å². The van der Waals surface area contributed by atoms with E-state index in [2.05, 4.69) is 0 Å². The molecule has 2 aliphatic rings. The second kappa shape index (κ2) is 4.07. The third-order valence-electron chi connectivity index (χ3n) is 4.06. The number of hydrogen-bond acceptors (Lipinski definition) is 3. The molecule has 0 spiro atoms. The zero-order valence-corrected chi connectivity index (χ0v) is 9.76. The molecule has 92 valence electrons. The fourth-order valence-corrected chi connectivity index (χ4v) is 2.76. The smallest absolute Gasteiger partial charge is 0.346 e. The van der Waals surface area contributed by atoms with Gasteiger partial charge in [0.25, 0.3) is 0 Å². The highest BCUT2D eigenvalue weighted by molar-refractivity contribution is 6.04. The molecule has 17 heavy (non-hydrogen) atoms. The van der Waals surface area contributed by atoms with E-state index >= 15 is 0 Å². The lowest BCUT2D eigenvalue weighted by Gasteiger charge is -2.36. The van der Waals surface area contributed by atoms with E-state index in [1.54, 1.807) is 7.05 Å². The fourth-order valence-electron chi connectivity index (χ4n) is 2.76. The summed E-state index contributed by atoms with van der Waals surface area (Å²) in [6.07, 6.45) is 4.99. The molecule has 1 aliphatic carbocycles. The molecular weight excluding hydrogens is 222 g/mol. The highest BCUT2D eigenvalue weighted by Gasteiger charge is 2.49. The summed E-state index contributed by atoms with van der Waals surface area (Å²) in [5.74, 6) is -1.47. The van der Waals surface area contributed by atoms with Gasteiger partial charge in [0.15, 0.2) is 0 Å². The van der Waals surface area contributed by atoms with Crippen LogP contribution in [0.3, 0.4) is 0 Å². The second-order valence-corrected chi connectivity index (χ2v) is 4.93. The molecule has 1 fully saturated rings. The van der Waals surface area contributed by atoms with Gasteiger partial charge in [0.1, 0.15) is 6.04 Å². The summed E-state index contributed by atoms with van der Waals surface area (Å²) in [4.78, 5) is 34.4. The van der Waals surface area contributed by atoms with Crippen molar-refractivity contribution in [3.05, 3.63) is 12.2 Å². The molecule has 0 radical (unpaired) electrons. The fraction of sp³-hybridized carbons (Fsp3) is 0.583. The predicted octanol–water partition coefficient (Wildman–Crippen LogP) is 0.699.